The zero-order valence-electron chi connectivity index (χ0n) is 18.8. The Morgan fingerprint density at radius 3 is 2.28 bits per heavy atom. The predicted molar refractivity (Wildman–Crippen MR) is 132 cm³/mol. The molecule has 0 aliphatic rings. The summed E-state index contributed by atoms with van der Waals surface area (Å²) in [6.07, 6.45) is 1.63. The van der Waals surface area contributed by atoms with E-state index in [1.807, 2.05) is 26.0 Å². The second kappa shape index (κ2) is 10.2. The summed E-state index contributed by atoms with van der Waals surface area (Å²) in [6.45, 7) is 10.2. The Kier molecular flexibility index (Phi) is 7.40. The van der Waals surface area contributed by atoms with Gasteiger partial charge >= 0.3 is 0 Å². The highest BCUT2D eigenvalue weighted by molar-refractivity contribution is 6.30. The number of benzene rings is 2. The number of nitrogens with zero attached hydrogens (tertiary/aromatic N) is 3. The Hall–Kier alpha value is -3.49. The van der Waals surface area contributed by atoms with Gasteiger partial charge in [-0.05, 0) is 93.9 Å². The summed E-state index contributed by atoms with van der Waals surface area (Å²) in [5.74, 6) is -0.455. The number of halogens is 1. The quantitative estimate of drug-likeness (QED) is 0.350. The molecule has 1 N–H and O–H groups in total. The van der Waals surface area contributed by atoms with Crippen molar-refractivity contribution in [1.29, 1.82) is 5.26 Å². The van der Waals surface area contributed by atoms with Gasteiger partial charge in [0, 0.05) is 46.6 Å². The molecule has 5 nitrogen and oxygen atoms in total. The Bertz CT molecular complexity index is 1160. The smallest absolute Gasteiger partial charge is 0.266 e. The molecule has 1 amide bonds. The van der Waals surface area contributed by atoms with Crippen molar-refractivity contribution in [1.82, 2.24) is 4.57 Å². The summed E-state index contributed by atoms with van der Waals surface area (Å²) in [6, 6.07) is 19.2. The lowest BCUT2D eigenvalue weighted by Gasteiger charge is -2.21. The largest absolute Gasteiger partial charge is 0.372 e. The monoisotopic (exact) mass is 446 g/mol. The molecule has 0 aliphatic heterocycles. The number of hydrogen-bond acceptors (Lipinski definition) is 3. The van der Waals surface area contributed by atoms with Gasteiger partial charge in [0.25, 0.3) is 5.91 Å². The van der Waals surface area contributed by atoms with Crippen molar-refractivity contribution in [2.75, 3.05) is 23.3 Å². The van der Waals surface area contributed by atoms with E-state index in [1.165, 1.54) is 5.69 Å². The van der Waals surface area contributed by atoms with E-state index in [2.05, 4.69) is 52.9 Å². The van der Waals surface area contributed by atoms with Crippen molar-refractivity contribution in [2.24, 2.45) is 0 Å². The molecule has 1 aromatic heterocycles. The summed E-state index contributed by atoms with van der Waals surface area (Å²) in [5.41, 5.74) is 5.67. The van der Waals surface area contributed by atoms with E-state index in [0.29, 0.717) is 10.7 Å². The Labute approximate surface area is 194 Å². The van der Waals surface area contributed by atoms with Crippen LogP contribution >= 0.6 is 11.6 Å². The molecule has 0 aliphatic carbocycles. The fourth-order valence-corrected chi connectivity index (χ4v) is 3.89. The topological polar surface area (TPSA) is 61.1 Å². The van der Waals surface area contributed by atoms with Gasteiger partial charge in [0.15, 0.2) is 0 Å². The van der Waals surface area contributed by atoms with Gasteiger partial charge in [-0.3, -0.25) is 4.79 Å². The first kappa shape index (κ1) is 23.2. The van der Waals surface area contributed by atoms with Gasteiger partial charge in [-0.1, -0.05) is 11.6 Å². The molecular formula is C26H27ClN4O. The van der Waals surface area contributed by atoms with E-state index in [0.717, 1.165) is 35.7 Å². The summed E-state index contributed by atoms with van der Waals surface area (Å²) in [5, 5.41) is 12.9. The van der Waals surface area contributed by atoms with Crippen LogP contribution in [0.3, 0.4) is 0 Å². The maximum atomic E-state index is 12.6. The number of aromatic nitrogens is 1. The lowest BCUT2D eigenvalue weighted by Crippen LogP contribution is -2.21. The van der Waals surface area contributed by atoms with E-state index in [1.54, 1.807) is 30.3 Å². The molecule has 164 valence electrons. The van der Waals surface area contributed by atoms with E-state index < -0.39 is 5.91 Å². The Balaban J connectivity index is 1.88. The molecular weight excluding hydrogens is 420 g/mol. The van der Waals surface area contributed by atoms with Crippen molar-refractivity contribution in [3.8, 4) is 11.8 Å². The van der Waals surface area contributed by atoms with Gasteiger partial charge in [0.05, 0.1) is 0 Å². The summed E-state index contributed by atoms with van der Waals surface area (Å²) in [7, 11) is 0. The minimum Gasteiger partial charge on any atom is -0.372 e. The highest BCUT2D eigenvalue weighted by Crippen LogP contribution is 2.25. The number of nitrogens with one attached hydrogen (secondary N) is 1. The molecule has 2 aromatic carbocycles. The first-order chi connectivity index (χ1) is 15.4. The maximum absolute atomic E-state index is 12.6. The molecule has 32 heavy (non-hydrogen) atoms. The van der Waals surface area contributed by atoms with Gasteiger partial charge in [0.1, 0.15) is 11.6 Å². The third-order valence-electron chi connectivity index (χ3n) is 5.47. The zero-order chi connectivity index (χ0) is 23.3. The highest BCUT2D eigenvalue weighted by Gasteiger charge is 2.14. The van der Waals surface area contributed by atoms with E-state index in [9.17, 15) is 10.1 Å². The predicted octanol–water partition coefficient (Wildman–Crippen LogP) is 6.14. The molecule has 1 heterocycles. The van der Waals surface area contributed by atoms with Crippen LogP contribution in [0.25, 0.3) is 11.8 Å². The van der Waals surface area contributed by atoms with E-state index in [-0.39, 0.29) is 5.57 Å². The first-order valence-corrected chi connectivity index (χ1v) is 11.0. The van der Waals surface area contributed by atoms with Crippen molar-refractivity contribution < 1.29 is 4.79 Å². The SMILES string of the molecule is CCN(CC)c1ccc(-n2c(C)cc(/C=C(/C#N)C(=O)Nc3ccc(Cl)cc3)c2C)cc1. The van der Waals surface area contributed by atoms with Crippen LogP contribution in [0.1, 0.15) is 30.8 Å². The van der Waals surface area contributed by atoms with Crippen molar-refractivity contribution >= 4 is 35.0 Å². The number of carbonyl (C=O) groups excluding carboxylic acids is 1. The van der Waals surface area contributed by atoms with Gasteiger partial charge < -0.3 is 14.8 Å². The Morgan fingerprint density at radius 2 is 1.72 bits per heavy atom. The van der Waals surface area contributed by atoms with E-state index in [4.69, 9.17) is 11.6 Å². The number of nitriles is 1. The van der Waals surface area contributed by atoms with Crippen LogP contribution in [-0.2, 0) is 4.79 Å². The molecule has 0 bridgehead atoms. The van der Waals surface area contributed by atoms with Crippen LogP contribution in [-0.4, -0.2) is 23.6 Å². The van der Waals surface area contributed by atoms with Crippen molar-refractivity contribution in [3.63, 3.8) is 0 Å². The van der Waals surface area contributed by atoms with Crippen LogP contribution in [0.5, 0.6) is 0 Å². The average molecular weight is 447 g/mol. The molecule has 0 fully saturated rings. The number of anilines is 2. The molecule has 0 spiro atoms. The maximum Gasteiger partial charge on any atom is 0.266 e. The minimum atomic E-state index is -0.455. The number of carbonyl (C=O) groups is 1. The van der Waals surface area contributed by atoms with Crippen LogP contribution in [0.15, 0.2) is 60.2 Å². The molecule has 0 unspecified atom stereocenters. The zero-order valence-corrected chi connectivity index (χ0v) is 19.6. The van der Waals surface area contributed by atoms with Gasteiger partial charge in [-0.25, -0.2) is 0 Å². The summed E-state index contributed by atoms with van der Waals surface area (Å²) < 4.78 is 2.13. The van der Waals surface area contributed by atoms with E-state index >= 15 is 0 Å². The molecule has 3 aromatic rings. The standard InChI is InChI=1S/C26H27ClN4O/c1-5-30(6-2)24-11-13-25(14-12-24)31-18(3)15-20(19(31)4)16-21(17-28)26(32)29-23-9-7-22(27)8-10-23/h7-16H,5-6H2,1-4H3,(H,29,32)/b21-16-. The third kappa shape index (κ3) is 5.04. The van der Waals surface area contributed by atoms with Crippen LogP contribution in [0, 0.1) is 25.2 Å². The van der Waals surface area contributed by atoms with Gasteiger partial charge in [-0.2, -0.15) is 5.26 Å². The summed E-state index contributed by atoms with van der Waals surface area (Å²) >= 11 is 5.89. The average Bonchev–Trinajstić information content (AvgIpc) is 3.07. The molecule has 0 saturated carbocycles. The third-order valence-corrected chi connectivity index (χ3v) is 5.73. The van der Waals surface area contributed by atoms with Gasteiger partial charge in [0.2, 0.25) is 0 Å². The van der Waals surface area contributed by atoms with Crippen LogP contribution in [0.2, 0.25) is 5.02 Å². The van der Waals surface area contributed by atoms with Crippen LogP contribution < -0.4 is 10.2 Å². The minimum absolute atomic E-state index is 0.0390. The molecule has 0 saturated heterocycles. The number of hydrogen-bond donors (Lipinski definition) is 1. The first-order valence-electron chi connectivity index (χ1n) is 10.6. The molecule has 0 atom stereocenters. The van der Waals surface area contributed by atoms with Crippen molar-refractivity contribution in [3.05, 3.63) is 82.1 Å². The second-order valence-electron chi connectivity index (χ2n) is 7.48. The Morgan fingerprint density at radius 1 is 1.09 bits per heavy atom. The fourth-order valence-electron chi connectivity index (χ4n) is 3.77. The molecule has 3 rings (SSSR count). The molecule has 6 heteroatoms. The number of amides is 1. The van der Waals surface area contributed by atoms with Crippen molar-refractivity contribution in [2.45, 2.75) is 27.7 Å². The van der Waals surface area contributed by atoms with Gasteiger partial charge in [-0.15, -0.1) is 0 Å². The fraction of sp³-hybridized carbons (Fsp3) is 0.231. The highest BCUT2D eigenvalue weighted by atomic mass is 35.5. The normalized spacial score (nSPS) is 11.2. The summed E-state index contributed by atoms with van der Waals surface area (Å²) in [4.78, 5) is 14.9. The number of aryl methyl sites for hydroxylation is 1. The molecule has 0 radical (unpaired) electrons. The lowest BCUT2D eigenvalue weighted by atomic mass is 10.1. The number of rotatable bonds is 7. The van der Waals surface area contributed by atoms with Crippen LogP contribution in [0.4, 0.5) is 11.4 Å². The second-order valence-corrected chi connectivity index (χ2v) is 7.92. The lowest BCUT2D eigenvalue weighted by molar-refractivity contribution is -0.112.